The number of hydrogen-bond acceptors (Lipinski definition) is 6. The van der Waals surface area contributed by atoms with Gasteiger partial charge in [-0.1, -0.05) is 84.9 Å². The molecule has 4 aromatic carbocycles. The maximum atomic E-state index is 12.8. The molecule has 0 saturated heterocycles. The molecule has 0 spiro atoms. The highest BCUT2D eigenvalue weighted by Gasteiger charge is 2.29. The van der Waals surface area contributed by atoms with Gasteiger partial charge in [0, 0.05) is 16.3 Å². The summed E-state index contributed by atoms with van der Waals surface area (Å²) in [6.45, 7) is 4.87. The molecule has 42 heavy (non-hydrogen) atoms. The van der Waals surface area contributed by atoms with E-state index in [9.17, 15) is 23.1 Å². The third-order valence-corrected chi connectivity index (χ3v) is 8.30. The highest BCUT2D eigenvalue weighted by molar-refractivity contribution is 7.90. The Balaban J connectivity index is 1.28. The molecule has 0 saturated carbocycles. The average molecular weight is 586 g/mol. The number of carboxylic acid groups (broad SMARTS) is 1. The van der Waals surface area contributed by atoms with Crippen molar-refractivity contribution in [1.82, 2.24) is 5.32 Å². The van der Waals surface area contributed by atoms with Gasteiger partial charge in [-0.15, -0.1) is 0 Å². The van der Waals surface area contributed by atoms with E-state index in [-0.39, 0.29) is 5.75 Å². The van der Waals surface area contributed by atoms with Crippen LogP contribution in [0.5, 0.6) is 0 Å². The van der Waals surface area contributed by atoms with E-state index in [0.29, 0.717) is 5.56 Å². The van der Waals surface area contributed by atoms with Gasteiger partial charge in [0.15, 0.2) is 9.84 Å². The number of carboxylic acids is 1. The predicted molar refractivity (Wildman–Crippen MR) is 163 cm³/mol. The van der Waals surface area contributed by atoms with Crippen LogP contribution in [0, 0.1) is 0 Å². The van der Waals surface area contributed by atoms with E-state index in [4.69, 9.17) is 9.15 Å². The molecular formula is C33H31NO7S. The lowest BCUT2D eigenvalue weighted by Gasteiger charge is -2.22. The molecule has 0 aliphatic heterocycles. The monoisotopic (exact) mass is 585 g/mol. The molecule has 1 heterocycles. The van der Waals surface area contributed by atoms with E-state index in [1.807, 2.05) is 72.8 Å². The second-order valence-corrected chi connectivity index (χ2v) is 13.3. The summed E-state index contributed by atoms with van der Waals surface area (Å²) in [5.74, 6) is -2.59. The van der Waals surface area contributed by atoms with Gasteiger partial charge >= 0.3 is 12.1 Å². The van der Waals surface area contributed by atoms with Gasteiger partial charge < -0.3 is 19.6 Å². The number of carbonyl (C=O) groups is 2. The van der Waals surface area contributed by atoms with Crippen LogP contribution in [0.3, 0.4) is 0 Å². The molecule has 2 N–H and O–H groups in total. The van der Waals surface area contributed by atoms with E-state index in [1.165, 1.54) is 0 Å². The van der Waals surface area contributed by atoms with Gasteiger partial charge in [-0.3, -0.25) is 0 Å². The van der Waals surface area contributed by atoms with Gasteiger partial charge in [-0.2, -0.15) is 0 Å². The molecule has 0 bridgehead atoms. The number of ether oxygens (including phenoxy) is 1. The minimum atomic E-state index is -3.87. The lowest BCUT2D eigenvalue weighted by atomic mass is 9.98. The van der Waals surface area contributed by atoms with E-state index in [2.05, 4.69) is 11.4 Å². The summed E-state index contributed by atoms with van der Waals surface area (Å²) in [4.78, 5) is 23.6. The lowest BCUT2D eigenvalue weighted by molar-refractivity contribution is -0.138. The molecule has 0 aliphatic rings. The first-order valence-corrected chi connectivity index (χ1v) is 15.2. The topological polar surface area (TPSA) is 123 Å². The second kappa shape index (κ2) is 11.3. The van der Waals surface area contributed by atoms with Gasteiger partial charge in [0.05, 0.1) is 11.5 Å². The number of fused-ring (bicyclic) bond motifs is 3. The molecule has 8 nitrogen and oxygen atoms in total. The Morgan fingerprint density at radius 2 is 1.43 bits per heavy atom. The zero-order valence-electron chi connectivity index (χ0n) is 23.5. The maximum absolute atomic E-state index is 12.8. The Morgan fingerprint density at radius 1 is 0.833 bits per heavy atom. The number of nitrogens with one attached hydrogen (secondary N) is 1. The molecule has 0 fully saturated rings. The van der Waals surface area contributed by atoms with E-state index in [0.717, 1.165) is 44.2 Å². The normalized spacial score (nSPS) is 12.7. The summed E-state index contributed by atoms with van der Waals surface area (Å²) >= 11 is 0. The van der Waals surface area contributed by atoms with Crippen molar-refractivity contribution >= 4 is 43.8 Å². The van der Waals surface area contributed by atoms with Crippen LogP contribution in [0.15, 0.2) is 95.4 Å². The average Bonchev–Trinajstić information content (AvgIpc) is 3.31. The zero-order valence-corrected chi connectivity index (χ0v) is 24.3. The van der Waals surface area contributed by atoms with Gasteiger partial charge in [0.1, 0.15) is 22.8 Å². The molecule has 1 atom stereocenters. The number of rotatable bonds is 8. The van der Waals surface area contributed by atoms with Crippen molar-refractivity contribution in [2.75, 3.05) is 5.75 Å². The Bertz CT molecular complexity index is 1870. The van der Waals surface area contributed by atoms with E-state index in [1.54, 1.807) is 32.9 Å². The van der Waals surface area contributed by atoms with Crippen molar-refractivity contribution in [2.24, 2.45) is 0 Å². The largest absolute Gasteiger partial charge is 0.480 e. The SMILES string of the molecule is CC(C)(C)OC(=O)N[C@@H](CS(=O)(=O)Cc1ccc(-c2ccc(-c3cccc4c3oc3ccccc34)cc2)cc1)C(=O)O. The van der Waals surface area contributed by atoms with Crippen molar-refractivity contribution in [3.05, 3.63) is 96.6 Å². The number of carbonyl (C=O) groups excluding carboxylic acids is 1. The number of amides is 1. The second-order valence-electron chi connectivity index (χ2n) is 11.1. The van der Waals surface area contributed by atoms with Crippen molar-refractivity contribution in [1.29, 1.82) is 0 Å². The fourth-order valence-corrected chi connectivity index (χ4v) is 6.35. The summed E-state index contributed by atoms with van der Waals surface area (Å²) in [6.07, 6.45) is -0.991. The first-order valence-electron chi connectivity index (χ1n) is 13.4. The number of furan rings is 1. The fraction of sp³-hybridized carbons (Fsp3) is 0.212. The number of aliphatic carboxylic acids is 1. The minimum absolute atomic E-state index is 0.368. The molecule has 0 aliphatic carbocycles. The number of para-hydroxylation sites is 2. The number of hydrogen-bond donors (Lipinski definition) is 2. The van der Waals surface area contributed by atoms with Crippen molar-refractivity contribution in [3.8, 4) is 22.3 Å². The molecule has 1 aromatic heterocycles. The summed E-state index contributed by atoms with van der Waals surface area (Å²) in [7, 11) is -3.87. The summed E-state index contributed by atoms with van der Waals surface area (Å²) in [5, 5.41) is 13.7. The standard InChI is InChI=1S/C33H31NO7S/c1-33(2,3)41-32(37)34-28(31(35)36)20-42(38,39)19-21-11-13-22(14-12-21)23-15-17-24(18-16-23)25-8-6-9-27-26-7-4-5-10-29(26)40-30(25)27/h4-18,28H,19-20H2,1-3H3,(H,34,37)(H,35,36)/t28-/m0/s1. The third-order valence-electron chi connectivity index (χ3n) is 6.68. The van der Waals surface area contributed by atoms with Crippen LogP contribution in [0.1, 0.15) is 26.3 Å². The van der Waals surface area contributed by atoms with E-state index < -0.39 is 39.3 Å². The van der Waals surface area contributed by atoms with Crippen LogP contribution in [0.2, 0.25) is 0 Å². The highest BCUT2D eigenvalue weighted by atomic mass is 32.2. The minimum Gasteiger partial charge on any atom is -0.480 e. The van der Waals surface area contributed by atoms with Gasteiger partial charge in [0.2, 0.25) is 0 Å². The summed E-state index contributed by atoms with van der Waals surface area (Å²) < 4.78 is 36.8. The van der Waals surface area contributed by atoms with Crippen molar-refractivity contribution < 1.29 is 32.3 Å². The van der Waals surface area contributed by atoms with Crippen LogP contribution in [0.25, 0.3) is 44.2 Å². The Hall–Kier alpha value is -4.63. The molecular weight excluding hydrogens is 554 g/mol. The number of sulfone groups is 1. The summed E-state index contributed by atoms with van der Waals surface area (Å²) in [6, 6.07) is 27.6. The maximum Gasteiger partial charge on any atom is 0.408 e. The Kier molecular flexibility index (Phi) is 7.79. The molecule has 5 rings (SSSR count). The first kappa shape index (κ1) is 28.9. The zero-order chi connectivity index (χ0) is 30.1. The number of alkyl carbamates (subject to hydrolysis) is 1. The van der Waals surface area contributed by atoms with Gasteiger partial charge in [-0.25, -0.2) is 18.0 Å². The van der Waals surface area contributed by atoms with Crippen LogP contribution in [-0.2, 0) is 25.1 Å². The molecule has 9 heteroatoms. The first-order chi connectivity index (χ1) is 19.9. The van der Waals surface area contributed by atoms with Crippen molar-refractivity contribution in [2.45, 2.75) is 38.2 Å². The molecule has 0 radical (unpaired) electrons. The molecule has 216 valence electrons. The fourth-order valence-electron chi connectivity index (χ4n) is 4.80. The lowest BCUT2D eigenvalue weighted by Crippen LogP contribution is -2.47. The molecule has 1 amide bonds. The smallest absolute Gasteiger partial charge is 0.408 e. The molecule has 5 aromatic rings. The summed E-state index contributed by atoms with van der Waals surface area (Å²) in [5.41, 5.74) is 5.21. The third kappa shape index (κ3) is 6.63. The van der Waals surface area contributed by atoms with E-state index >= 15 is 0 Å². The van der Waals surface area contributed by atoms with Crippen LogP contribution in [0.4, 0.5) is 4.79 Å². The highest BCUT2D eigenvalue weighted by Crippen LogP contribution is 2.36. The number of benzene rings is 4. The Labute approximate surface area is 243 Å². The quantitative estimate of drug-likeness (QED) is 0.205. The Morgan fingerprint density at radius 3 is 2.07 bits per heavy atom. The van der Waals surface area contributed by atoms with Crippen LogP contribution >= 0.6 is 0 Å². The van der Waals surface area contributed by atoms with Crippen molar-refractivity contribution in [3.63, 3.8) is 0 Å². The van der Waals surface area contributed by atoms with Crippen LogP contribution < -0.4 is 5.32 Å². The molecule has 0 unspecified atom stereocenters. The van der Waals surface area contributed by atoms with Crippen LogP contribution in [-0.4, -0.2) is 43.0 Å². The predicted octanol–water partition coefficient (Wildman–Crippen LogP) is 6.81. The van der Waals surface area contributed by atoms with Gasteiger partial charge in [0.25, 0.3) is 0 Å². The van der Waals surface area contributed by atoms with Gasteiger partial charge in [-0.05, 0) is 49.1 Å².